The molecule has 0 amide bonds. The molecule has 0 heteroatoms. The maximum atomic E-state index is 3.92. The van der Waals surface area contributed by atoms with E-state index in [1.165, 1.54) is 25.7 Å². The van der Waals surface area contributed by atoms with Crippen LogP contribution in [0.2, 0.25) is 0 Å². The number of hydrogen-bond acceptors (Lipinski definition) is 0. The predicted octanol–water partition coefficient (Wildman–Crippen LogP) is 4.06. The van der Waals surface area contributed by atoms with Gasteiger partial charge in [-0.2, -0.15) is 0 Å². The van der Waals surface area contributed by atoms with Crippen molar-refractivity contribution in [3.63, 3.8) is 0 Å². The Morgan fingerprint density at radius 1 is 1.18 bits per heavy atom. The molecule has 2 atom stereocenters. The lowest BCUT2D eigenvalue weighted by atomic mass is 9.92. The molecule has 0 saturated carbocycles. The first kappa shape index (κ1) is 11.0. The summed E-state index contributed by atoms with van der Waals surface area (Å²) in [6.45, 7) is 10.8. The summed E-state index contributed by atoms with van der Waals surface area (Å²) in [7, 11) is 0. The molecule has 0 rings (SSSR count). The third-order valence-electron chi connectivity index (χ3n) is 2.35. The fraction of sp³-hybridized carbons (Fsp3) is 0.909. The van der Waals surface area contributed by atoms with Crippen LogP contribution in [0.25, 0.3) is 0 Å². The summed E-state index contributed by atoms with van der Waals surface area (Å²) in [5.74, 6) is 1.73. The molecule has 0 aliphatic heterocycles. The lowest BCUT2D eigenvalue weighted by molar-refractivity contribution is 0.387. The number of hydrogen-bond donors (Lipinski definition) is 0. The Hall–Kier alpha value is 0. The van der Waals surface area contributed by atoms with Crippen LogP contribution in [0.1, 0.15) is 52.9 Å². The highest BCUT2D eigenvalue weighted by Gasteiger charge is 2.05. The molecule has 67 valence electrons. The second kappa shape index (κ2) is 6.69. The second-order valence-electron chi connectivity index (χ2n) is 3.88. The zero-order valence-corrected chi connectivity index (χ0v) is 8.40. The van der Waals surface area contributed by atoms with Crippen molar-refractivity contribution in [1.82, 2.24) is 0 Å². The average molecular weight is 155 g/mol. The minimum atomic E-state index is 0.821. The summed E-state index contributed by atoms with van der Waals surface area (Å²) in [6, 6.07) is 0. The summed E-state index contributed by atoms with van der Waals surface area (Å²) in [6.07, 6.45) is 6.59. The Bertz CT molecular complexity index is 76.1. The van der Waals surface area contributed by atoms with E-state index in [0.717, 1.165) is 18.3 Å². The van der Waals surface area contributed by atoms with Crippen molar-refractivity contribution in [2.75, 3.05) is 0 Å². The molecule has 0 fully saturated rings. The van der Waals surface area contributed by atoms with Crippen LogP contribution in [0.5, 0.6) is 0 Å². The van der Waals surface area contributed by atoms with Gasteiger partial charge in [0.05, 0.1) is 0 Å². The van der Waals surface area contributed by atoms with Gasteiger partial charge >= 0.3 is 0 Å². The molecule has 1 radical (unpaired) electrons. The summed E-state index contributed by atoms with van der Waals surface area (Å²) < 4.78 is 0. The lowest BCUT2D eigenvalue weighted by Gasteiger charge is -2.14. The Morgan fingerprint density at radius 3 is 2.27 bits per heavy atom. The molecular weight excluding hydrogens is 132 g/mol. The van der Waals surface area contributed by atoms with Crippen LogP contribution in [0, 0.1) is 18.8 Å². The van der Waals surface area contributed by atoms with Crippen molar-refractivity contribution in [3.8, 4) is 0 Å². The highest BCUT2D eigenvalue weighted by Crippen LogP contribution is 2.19. The van der Waals surface area contributed by atoms with Crippen molar-refractivity contribution >= 4 is 0 Å². The molecule has 0 nitrogen and oxygen atoms in total. The van der Waals surface area contributed by atoms with Crippen LogP contribution < -0.4 is 0 Å². The fourth-order valence-corrected chi connectivity index (χ4v) is 1.48. The molecule has 0 N–H and O–H groups in total. The number of unbranched alkanes of at least 4 members (excludes halogenated alkanes) is 1. The van der Waals surface area contributed by atoms with Crippen LogP contribution in [-0.2, 0) is 0 Å². The molecular formula is C11H23. The van der Waals surface area contributed by atoms with Gasteiger partial charge in [-0.05, 0) is 18.3 Å². The third kappa shape index (κ3) is 6.40. The molecule has 11 heavy (non-hydrogen) atoms. The van der Waals surface area contributed by atoms with E-state index in [0.29, 0.717) is 0 Å². The first-order chi connectivity index (χ1) is 5.20. The van der Waals surface area contributed by atoms with Crippen molar-refractivity contribution in [3.05, 3.63) is 6.92 Å². The maximum absolute atomic E-state index is 3.92. The van der Waals surface area contributed by atoms with Gasteiger partial charge in [0.25, 0.3) is 0 Å². The van der Waals surface area contributed by atoms with E-state index >= 15 is 0 Å². The highest BCUT2D eigenvalue weighted by molar-refractivity contribution is 4.60. The Balaban J connectivity index is 3.27. The van der Waals surface area contributed by atoms with Crippen molar-refractivity contribution in [2.45, 2.75) is 52.9 Å². The van der Waals surface area contributed by atoms with Crippen molar-refractivity contribution in [1.29, 1.82) is 0 Å². The van der Waals surface area contributed by atoms with E-state index in [9.17, 15) is 0 Å². The molecule has 0 aromatic heterocycles. The van der Waals surface area contributed by atoms with Crippen molar-refractivity contribution in [2.24, 2.45) is 11.8 Å². The molecule has 0 aromatic carbocycles. The van der Waals surface area contributed by atoms with E-state index in [2.05, 4.69) is 27.7 Å². The zero-order chi connectivity index (χ0) is 8.69. The Kier molecular flexibility index (Phi) is 6.69. The van der Waals surface area contributed by atoms with Gasteiger partial charge in [0.15, 0.2) is 0 Å². The quantitative estimate of drug-likeness (QED) is 0.542. The zero-order valence-electron chi connectivity index (χ0n) is 8.40. The summed E-state index contributed by atoms with van der Waals surface area (Å²) in [5.41, 5.74) is 0. The Morgan fingerprint density at radius 2 is 1.82 bits per heavy atom. The van der Waals surface area contributed by atoms with E-state index in [-0.39, 0.29) is 0 Å². The molecule has 0 heterocycles. The maximum Gasteiger partial charge on any atom is -0.0440 e. The minimum absolute atomic E-state index is 0.821. The summed E-state index contributed by atoms with van der Waals surface area (Å²) in [5, 5.41) is 0. The molecule has 0 aliphatic rings. The van der Waals surface area contributed by atoms with Crippen molar-refractivity contribution < 1.29 is 0 Å². The molecule has 0 aromatic rings. The normalized spacial score (nSPS) is 16.4. The van der Waals surface area contributed by atoms with Crippen LogP contribution in [0.15, 0.2) is 0 Å². The Labute approximate surface area is 72.4 Å². The van der Waals surface area contributed by atoms with Crippen LogP contribution in [0.3, 0.4) is 0 Å². The number of rotatable bonds is 6. The highest BCUT2D eigenvalue weighted by atomic mass is 14.1. The third-order valence-corrected chi connectivity index (χ3v) is 2.35. The van der Waals surface area contributed by atoms with E-state index in [1.807, 2.05) is 0 Å². The smallest absolute Gasteiger partial charge is 0.0440 e. The monoisotopic (exact) mass is 155 g/mol. The van der Waals surface area contributed by atoms with Gasteiger partial charge < -0.3 is 0 Å². The van der Waals surface area contributed by atoms with Gasteiger partial charge in [0.2, 0.25) is 0 Å². The predicted molar refractivity (Wildman–Crippen MR) is 52.4 cm³/mol. The topological polar surface area (TPSA) is 0 Å². The molecule has 0 bridgehead atoms. The molecule has 0 saturated heterocycles. The van der Waals surface area contributed by atoms with Crippen LogP contribution in [-0.4, -0.2) is 0 Å². The van der Waals surface area contributed by atoms with Gasteiger partial charge in [-0.3, -0.25) is 0 Å². The molecule has 0 aliphatic carbocycles. The first-order valence-electron chi connectivity index (χ1n) is 4.99. The average Bonchev–Trinajstić information content (AvgIpc) is 2.00. The SMILES string of the molecule is [CH2]CC(C)CC(C)CCCC. The second-order valence-corrected chi connectivity index (χ2v) is 3.88. The van der Waals surface area contributed by atoms with Crippen LogP contribution >= 0.6 is 0 Å². The lowest BCUT2D eigenvalue weighted by Crippen LogP contribution is -2.01. The standard InChI is InChI=1S/C11H23/c1-5-7-8-11(4)9-10(3)6-2/h10-11H,2,5-9H2,1,3-4H3. The van der Waals surface area contributed by atoms with Gasteiger partial charge in [0, 0.05) is 0 Å². The fourth-order valence-electron chi connectivity index (χ4n) is 1.48. The largest absolute Gasteiger partial charge is 0.0654 e. The van der Waals surface area contributed by atoms with E-state index in [4.69, 9.17) is 0 Å². The van der Waals surface area contributed by atoms with Gasteiger partial charge in [-0.15, -0.1) is 0 Å². The molecule has 0 spiro atoms. The van der Waals surface area contributed by atoms with Crippen LogP contribution in [0.4, 0.5) is 0 Å². The van der Waals surface area contributed by atoms with E-state index in [1.54, 1.807) is 0 Å². The van der Waals surface area contributed by atoms with Gasteiger partial charge in [0.1, 0.15) is 0 Å². The first-order valence-corrected chi connectivity index (χ1v) is 4.99. The van der Waals surface area contributed by atoms with Gasteiger partial charge in [-0.25, -0.2) is 0 Å². The minimum Gasteiger partial charge on any atom is -0.0654 e. The summed E-state index contributed by atoms with van der Waals surface area (Å²) >= 11 is 0. The van der Waals surface area contributed by atoms with E-state index < -0.39 is 0 Å². The van der Waals surface area contributed by atoms with Gasteiger partial charge in [-0.1, -0.05) is 53.4 Å². The molecule has 2 unspecified atom stereocenters. The summed E-state index contributed by atoms with van der Waals surface area (Å²) in [4.78, 5) is 0.